The number of halogens is 3. The number of aromatic nitrogens is 2. The monoisotopic (exact) mass is 405 g/mol. The minimum atomic E-state index is -2.64. The molecule has 0 aliphatic carbocycles. The maximum Gasteiger partial charge on any atom is 0.255 e. The predicted molar refractivity (Wildman–Crippen MR) is 103 cm³/mol. The zero-order valence-electron chi connectivity index (χ0n) is 14.7. The number of H-pyrrole nitrogens is 1. The largest absolute Gasteiger partial charge is 0.370 e. The molecule has 1 amide bonds. The molecule has 0 spiro atoms. The highest BCUT2D eigenvalue weighted by Gasteiger charge is 2.25. The number of aromatic amines is 1. The fraction of sp³-hybridized carbons (Fsp3) is 0.263. The number of nitrogens with zero attached hydrogens (tertiary/aromatic N) is 1. The third kappa shape index (κ3) is 3.79. The van der Waals surface area contributed by atoms with Crippen molar-refractivity contribution < 1.29 is 13.6 Å². The van der Waals surface area contributed by atoms with Crippen LogP contribution in [0.25, 0.3) is 10.9 Å². The molecule has 146 valence electrons. The van der Waals surface area contributed by atoms with Crippen molar-refractivity contribution in [3.8, 4) is 0 Å². The summed E-state index contributed by atoms with van der Waals surface area (Å²) in [6, 6.07) is 8.24. The van der Waals surface area contributed by atoms with E-state index in [0.29, 0.717) is 21.5 Å². The fourth-order valence-corrected chi connectivity index (χ4v) is 3.62. The standard InChI is InChI=1S/C19H18ClF2N5O/c20-12-4-14(15-8-25-27-16(15)5-12)18(19(28)24-9-17(21)22)26-13-2-1-10-6-23-7-11(10)3-13/h1-5,8,17-18,23,26H,6-7,9H2,(H,24,28)(H,25,27)/t18-/m1/s1. The summed E-state index contributed by atoms with van der Waals surface area (Å²) in [6.07, 6.45) is -1.05. The Morgan fingerprint density at radius 2 is 2.04 bits per heavy atom. The Labute approximate surface area is 164 Å². The van der Waals surface area contributed by atoms with Gasteiger partial charge in [0.15, 0.2) is 0 Å². The Balaban J connectivity index is 1.71. The van der Waals surface area contributed by atoms with Gasteiger partial charge in [0, 0.05) is 29.2 Å². The number of amides is 1. The van der Waals surface area contributed by atoms with Crippen LogP contribution in [0.5, 0.6) is 0 Å². The van der Waals surface area contributed by atoms with Gasteiger partial charge in [0.25, 0.3) is 6.43 Å². The lowest BCUT2D eigenvalue weighted by atomic mass is 10.0. The minimum Gasteiger partial charge on any atom is -0.370 e. The van der Waals surface area contributed by atoms with Crippen molar-refractivity contribution in [2.24, 2.45) is 0 Å². The molecule has 3 aromatic rings. The average Bonchev–Trinajstić information content (AvgIpc) is 3.32. The quantitative estimate of drug-likeness (QED) is 0.507. The second kappa shape index (κ2) is 7.73. The Bertz CT molecular complexity index is 1020. The molecule has 4 rings (SSSR count). The van der Waals surface area contributed by atoms with Crippen molar-refractivity contribution in [3.05, 3.63) is 58.2 Å². The maximum absolute atomic E-state index is 12.8. The highest BCUT2D eigenvalue weighted by molar-refractivity contribution is 6.31. The van der Waals surface area contributed by atoms with Crippen LogP contribution in [0.15, 0.2) is 36.5 Å². The van der Waals surface area contributed by atoms with Crippen LogP contribution < -0.4 is 16.0 Å². The first-order chi connectivity index (χ1) is 13.5. The highest BCUT2D eigenvalue weighted by atomic mass is 35.5. The number of carbonyl (C=O) groups excluding carboxylic acids is 1. The molecule has 2 heterocycles. The third-order valence-electron chi connectivity index (χ3n) is 4.71. The smallest absolute Gasteiger partial charge is 0.255 e. The van der Waals surface area contributed by atoms with Gasteiger partial charge < -0.3 is 16.0 Å². The molecule has 28 heavy (non-hydrogen) atoms. The predicted octanol–water partition coefficient (Wildman–Crippen LogP) is 3.35. The van der Waals surface area contributed by atoms with Gasteiger partial charge in [-0.15, -0.1) is 0 Å². The molecule has 1 atom stereocenters. The molecule has 6 nitrogen and oxygen atoms in total. The SMILES string of the molecule is O=C(NCC(F)F)[C@H](Nc1ccc2c(c1)CNC2)c1cc(Cl)cc2[nH]ncc12. The summed E-state index contributed by atoms with van der Waals surface area (Å²) in [5, 5.41) is 16.7. The van der Waals surface area contributed by atoms with Gasteiger partial charge in [-0.1, -0.05) is 17.7 Å². The summed E-state index contributed by atoms with van der Waals surface area (Å²) in [5.41, 5.74) is 4.27. The van der Waals surface area contributed by atoms with Crippen LogP contribution in [0.3, 0.4) is 0 Å². The zero-order valence-corrected chi connectivity index (χ0v) is 15.5. The Morgan fingerprint density at radius 1 is 1.21 bits per heavy atom. The summed E-state index contributed by atoms with van der Waals surface area (Å²) in [6.45, 7) is 0.828. The molecule has 4 N–H and O–H groups in total. The number of carbonyl (C=O) groups is 1. The number of nitrogens with one attached hydrogen (secondary N) is 4. The summed E-state index contributed by atoms with van der Waals surface area (Å²) in [5.74, 6) is -0.566. The van der Waals surface area contributed by atoms with E-state index in [9.17, 15) is 13.6 Å². The van der Waals surface area contributed by atoms with Gasteiger partial charge in [-0.05, 0) is 41.0 Å². The molecular weight excluding hydrogens is 388 g/mol. The average molecular weight is 406 g/mol. The van der Waals surface area contributed by atoms with Crippen LogP contribution in [0.4, 0.5) is 14.5 Å². The van der Waals surface area contributed by atoms with Crippen molar-refractivity contribution in [2.75, 3.05) is 11.9 Å². The highest BCUT2D eigenvalue weighted by Crippen LogP contribution is 2.31. The number of rotatable bonds is 6. The van der Waals surface area contributed by atoms with Gasteiger partial charge in [-0.2, -0.15) is 5.10 Å². The molecule has 9 heteroatoms. The Hall–Kier alpha value is -2.71. The summed E-state index contributed by atoms with van der Waals surface area (Å²) >= 11 is 6.20. The fourth-order valence-electron chi connectivity index (χ4n) is 3.40. The van der Waals surface area contributed by atoms with Crippen LogP contribution in [-0.4, -0.2) is 29.1 Å². The molecule has 1 aromatic heterocycles. The number of anilines is 1. The molecule has 0 bridgehead atoms. The summed E-state index contributed by atoms with van der Waals surface area (Å²) in [4.78, 5) is 12.8. The van der Waals surface area contributed by atoms with E-state index >= 15 is 0 Å². The zero-order chi connectivity index (χ0) is 19.7. The first-order valence-corrected chi connectivity index (χ1v) is 9.16. The minimum absolute atomic E-state index is 0.415. The van der Waals surface area contributed by atoms with Crippen molar-refractivity contribution in [3.63, 3.8) is 0 Å². The summed E-state index contributed by atoms with van der Waals surface area (Å²) < 4.78 is 25.3. The van der Waals surface area contributed by atoms with E-state index in [1.165, 1.54) is 5.56 Å². The van der Waals surface area contributed by atoms with Crippen LogP contribution in [-0.2, 0) is 17.9 Å². The van der Waals surface area contributed by atoms with Gasteiger partial charge >= 0.3 is 0 Å². The van der Waals surface area contributed by atoms with Gasteiger partial charge in [0.1, 0.15) is 6.04 Å². The molecule has 0 radical (unpaired) electrons. The number of benzene rings is 2. The van der Waals surface area contributed by atoms with Crippen LogP contribution in [0.2, 0.25) is 5.02 Å². The first kappa shape index (κ1) is 18.6. The van der Waals surface area contributed by atoms with E-state index in [1.807, 2.05) is 18.2 Å². The number of fused-ring (bicyclic) bond motifs is 2. The molecule has 0 saturated heterocycles. The normalized spacial score (nSPS) is 14.3. The van der Waals surface area contributed by atoms with Crippen molar-refractivity contribution in [1.82, 2.24) is 20.8 Å². The van der Waals surface area contributed by atoms with Gasteiger partial charge in [0.2, 0.25) is 5.91 Å². The topological polar surface area (TPSA) is 81.8 Å². The Kier molecular flexibility index (Phi) is 5.15. The van der Waals surface area contributed by atoms with E-state index in [-0.39, 0.29) is 0 Å². The Morgan fingerprint density at radius 3 is 2.86 bits per heavy atom. The second-order valence-corrected chi connectivity index (χ2v) is 7.06. The first-order valence-electron chi connectivity index (χ1n) is 8.78. The van der Waals surface area contributed by atoms with Crippen LogP contribution in [0, 0.1) is 0 Å². The van der Waals surface area contributed by atoms with E-state index < -0.39 is 24.9 Å². The molecule has 0 saturated carbocycles. The number of alkyl halides is 2. The van der Waals surface area contributed by atoms with Gasteiger partial charge in [0.05, 0.1) is 18.3 Å². The van der Waals surface area contributed by atoms with Gasteiger partial charge in [-0.25, -0.2) is 8.78 Å². The van der Waals surface area contributed by atoms with Crippen molar-refractivity contribution in [1.29, 1.82) is 0 Å². The van der Waals surface area contributed by atoms with E-state index in [1.54, 1.807) is 18.3 Å². The van der Waals surface area contributed by atoms with E-state index in [0.717, 1.165) is 24.3 Å². The lowest BCUT2D eigenvalue weighted by molar-refractivity contribution is -0.122. The molecule has 0 unspecified atom stereocenters. The third-order valence-corrected chi connectivity index (χ3v) is 4.93. The molecular formula is C19H18ClF2N5O. The second-order valence-electron chi connectivity index (χ2n) is 6.63. The molecule has 0 fully saturated rings. The molecule has 2 aromatic carbocycles. The van der Waals surface area contributed by atoms with Crippen LogP contribution >= 0.6 is 11.6 Å². The molecule has 1 aliphatic heterocycles. The van der Waals surface area contributed by atoms with E-state index in [4.69, 9.17) is 11.6 Å². The maximum atomic E-state index is 12.8. The lowest BCUT2D eigenvalue weighted by Gasteiger charge is -2.21. The van der Waals surface area contributed by atoms with E-state index in [2.05, 4.69) is 26.1 Å². The van der Waals surface area contributed by atoms with Gasteiger partial charge in [-0.3, -0.25) is 9.89 Å². The lowest BCUT2D eigenvalue weighted by Crippen LogP contribution is -2.36. The van der Waals surface area contributed by atoms with Crippen LogP contribution in [0.1, 0.15) is 22.7 Å². The molecule has 1 aliphatic rings. The van der Waals surface area contributed by atoms with Crippen molar-refractivity contribution in [2.45, 2.75) is 25.6 Å². The number of hydrogen-bond donors (Lipinski definition) is 4. The van der Waals surface area contributed by atoms with Crippen molar-refractivity contribution >= 4 is 34.1 Å². The summed E-state index contributed by atoms with van der Waals surface area (Å²) in [7, 11) is 0. The number of hydrogen-bond acceptors (Lipinski definition) is 4.